The van der Waals surface area contributed by atoms with Gasteiger partial charge in [-0.05, 0) is 44.0 Å². The van der Waals surface area contributed by atoms with Gasteiger partial charge in [0.15, 0.2) is 0 Å². The zero-order valence-electron chi connectivity index (χ0n) is 14.5. The average molecular weight is 335 g/mol. The molecule has 25 heavy (non-hydrogen) atoms. The zero-order chi connectivity index (χ0) is 18.0. The molecule has 5 nitrogen and oxygen atoms in total. The highest BCUT2D eigenvalue weighted by molar-refractivity contribution is 5.81. The van der Waals surface area contributed by atoms with Crippen molar-refractivity contribution in [3.05, 3.63) is 54.1 Å². The lowest BCUT2D eigenvalue weighted by Crippen LogP contribution is -2.53. The van der Waals surface area contributed by atoms with E-state index in [0.717, 1.165) is 22.4 Å². The molecular formula is C20H21N3O2. The minimum Gasteiger partial charge on any atom is -0.485 e. The first-order valence-electron chi connectivity index (χ1n) is 8.19. The van der Waals surface area contributed by atoms with Gasteiger partial charge in [-0.25, -0.2) is 0 Å². The molecule has 2 N–H and O–H groups in total. The van der Waals surface area contributed by atoms with Crippen LogP contribution in [0.15, 0.2) is 53.5 Å². The Bertz CT molecular complexity index is 838. The summed E-state index contributed by atoms with van der Waals surface area (Å²) >= 11 is 0. The predicted octanol–water partition coefficient (Wildman–Crippen LogP) is 3.42. The third-order valence-corrected chi connectivity index (χ3v) is 4.44. The summed E-state index contributed by atoms with van der Waals surface area (Å²) in [7, 11) is 0. The average Bonchev–Trinajstić information content (AvgIpc) is 2.59. The van der Waals surface area contributed by atoms with E-state index in [0.29, 0.717) is 5.84 Å². The number of aliphatic hydroxyl groups excluding tert-OH is 1. The van der Waals surface area contributed by atoms with Gasteiger partial charge in [-0.15, -0.1) is 0 Å². The van der Waals surface area contributed by atoms with E-state index >= 15 is 0 Å². The molecule has 2 aromatic rings. The highest BCUT2D eigenvalue weighted by atomic mass is 16.5. The molecule has 0 bridgehead atoms. The Morgan fingerprint density at radius 2 is 1.92 bits per heavy atom. The quantitative estimate of drug-likeness (QED) is 0.501. The molecule has 2 atom stereocenters. The SMILES string of the molecule is CC(=NC#N)N[C@@H]1c2cc(-c3ccccc3)ccc2OC(C)(C)[C@H]1O. The summed E-state index contributed by atoms with van der Waals surface area (Å²) in [5, 5.41) is 22.7. The van der Waals surface area contributed by atoms with Crippen LogP contribution < -0.4 is 10.1 Å². The molecule has 0 aromatic heterocycles. The van der Waals surface area contributed by atoms with Crippen molar-refractivity contribution in [2.45, 2.75) is 38.5 Å². The molecule has 0 aliphatic carbocycles. The molecular weight excluding hydrogens is 314 g/mol. The number of ether oxygens (including phenoxy) is 1. The summed E-state index contributed by atoms with van der Waals surface area (Å²) in [6, 6.07) is 15.6. The zero-order valence-corrected chi connectivity index (χ0v) is 14.5. The fraction of sp³-hybridized carbons (Fsp3) is 0.300. The number of amidine groups is 1. The summed E-state index contributed by atoms with van der Waals surface area (Å²) < 4.78 is 6.00. The van der Waals surface area contributed by atoms with Crippen LogP contribution >= 0.6 is 0 Å². The fourth-order valence-electron chi connectivity index (χ4n) is 3.10. The van der Waals surface area contributed by atoms with Crippen LogP contribution in [-0.4, -0.2) is 22.6 Å². The second-order valence-electron chi connectivity index (χ2n) is 6.69. The van der Waals surface area contributed by atoms with Crippen molar-refractivity contribution >= 4 is 5.84 Å². The standard InChI is InChI=1S/C20H21N3O2/c1-13(22-12-21)23-18-16-11-15(14-7-5-4-6-8-14)9-10-17(16)25-20(2,3)19(18)24/h4-11,18-19,24H,1-3H3,(H,22,23)/t18-,19+/m1/s1. The van der Waals surface area contributed by atoms with E-state index in [1.807, 2.05) is 62.4 Å². The first kappa shape index (κ1) is 17.0. The normalized spacial score (nSPS) is 21.6. The van der Waals surface area contributed by atoms with Gasteiger partial charge in [0, 0.05) is 5.56 Å². The van der Waals surface area contributed by atoms with Gasteiger partial charge in [0.2, 0.25) is 6.19 Å². The number of rotatable bonds is 2. The molecule has 2 aromatic carbocycles. The Hall–Kier alpha value is -2.84. The summed E-state index contributed by atoms with van der Waals surface area (Å²) in [6.45, 7) is 5.40. The molecule has 0 saturated heterocycles. The van der Waals surface area contributed by atoms with Gasteiger partial charge in [-0.2, -0.15) is 10.3 Å². The molecule has 0 amide bonds. The largest absolute Gasteiger partial charge is 0.485 e. The molecule has 5 heteroatoms. The van der Waals surface area contributed by atoms with E-state index < -0.39 is 17.7 Å². The number of fused-ring (bicyclic) bond motifs is 1. The Morgan fingerprint density at radius 1 is 1.20 bits per heavy atom. The highest BCUT2D eigenvalue weighted by Crippen LogP contribution is 2.41. The smallest absolute Gasteiger partial charge is 0.207 e. The lowest BCUT2D eigenvalue weighted by atomic mass is 9.85. The summed E-state index contributed by atoms with van der Waals surface area (Å²) in [5.41, 5.74) is 2.22. The van der Waals surface area contributed by atoms with Crippen molar-refractivity contribution < 1.29 is 9.84 Å². The van der Waals surface area contributed by atoms with Gasteiger partial charge in [-0.3, -0.25) is 0 Å². The van der Waals surface area contributed by atoms with E-state index in [-0.39, 0.29) is 0 Å². The monoisotopic (exact) mass is 335 g/mol. The van der Waals surface area contributed by atoms with Crippen molar-refractivity contribution in [1.29, 1.82) is 5.26 Å². The van der Waals surface area contributed by atoms with Gasteiger partial charge >= 0.3 is 0 Å². The second kappa shape index (κ2) is 6.58. The number of nitrogens with one attached hydrogen (secondary N) is 1. The topological polar surface area (TPSA) is 77.6 Å². The van der Waals surface area contributed by atoms with Crippen LogP contribution in [0.25, 0.3) is 11.1 Å². The molecule has 0 radical (unpaired) electrons. The minimum atomic E-state index is -0.796. The molecule has 1 aliphatic heterocycles. The van der Waals surface area contributed by atoms with Crippen LogP contribution in [0.1, 0.15) is 32.4 Å². The van der Waals surface area contributed by atoms with E-state index in [1.165, 1.54) is 0 Å². The lowest BCUT2D eigenvalue weighted by molar-refractivity contribution is -0.0610. The molecule has 0 unspecified atom stereocenters. The summed E-state index contributed by atoms with van der Waals surface area (Å²) in [4.78, 5) is 3.71. The maximum Gasteiger partial charge on any atom is 0.207 e. The molecule has 1 heterocycles. The number of nitrogens with zero attached hydrogens (tertiary/aromatic N) is 2. The maximum absolute atomic E-state index is 10.8. The molecule has 0 spiro atoms. The van der Waals surface area contributed by atoms with Crippen LogP contribution in [0, 0.1) is 11.5 Å². The number of hydrogen-bond donors (Lipinski definition) is 2. The number of aliphatic imine (C=N–C) groups is 1. The van der Waals surface area contributed by atoms with Crippen LogP contribution in [0.5, 0.6) is 5.75 Å². The molecule has 0 fully saturated rings. The molecule has 0 saturated carbocycles. The predicted molar refractivity (Wildman–Crippen MR) is 97.2 cm³/mol. The Morgan fingerprint density at radius 3 is 2.60 bits per heavy atom. The lowest BCUT2D eigenvalue weighted by Gasteiger charge is -2.42. The summed E-state index contributed by atoms with van der Waals surface area (Å²) in [6.07, 6.45) is 0.970. The van der Waals surface area contributed by atoms with Gasteiger partial charge < -0.3 is 15.2 Å². The van der Waals surface area contributed by atoms with Crippen LogP contribution in [0.2, 0.25) is 0 Å². The summed E-state index contributed by atoms with van der Waals surface area (Å²) in [5.74, 6) is 1.18. The van der Waals surface area contributed by atoms with Gasteiger partial charge in [0.1, 0.15) is 23.3 Å². The third kappa shape index (κ3) is 3.35. The van der Waals surface area contributed by atoms with Gasteiger partial charge in [-0.1, -0.05) is 36.4 Å². The van der Waals surface area contributed by atoms with E-state index in [9.17, 15) is 5.11 Å². The van der Waals surface area contributed by atoms with Crippen molar-refractivity contribution in [3.63, 3.8) is 0 Å². The Balaban J connectivity index is 2.07. The van der Waals surface area contributed by atoms with Crippen molar-refractivity contribution in [2.24, 2.45) is 4.99 Å². The Kier molecular flexibility index (Phi) is 4.47. The molecule has 1 aliphatic rings. The molecule has 3 rings (SSSR count). The van der Waals surface area contributed by atoms with E-state index in [2.05, 4.69) is 10.3 Å². The van der Waals surface area contributed by atoms with Gasteiger partial charge in [0.25, 0.3) is 0 Å². The van der Waals surface area contributed by atoms with Crippen LogP contribution in [0.4, 0.5) is 0 Å². The molecule has 128 valence electrons. The number of hydrogen-bond acceptors (Lipinski definition) is 4. The van der Waals surface area contributed by atoms with Crippen LogP contribution in [-0.2, 0) is 0 Å². The van der Waals surface area contributed by atoms with Crippen molar-refractivity contribution in [2.75, 3.05) is 0 Å². The van der Waals surface area contributed by atoms with E-state index in [4.69, 9.17) is 10.00 Å². The van der Waals surface area contributed by atoms with Crippen molar-refractivity contribution in [3.8, 4) is 23.1 Å². The second-order valence-corrected chi connectivity index (χ2v) is 6.69. The Labute approximate surface area is 147 Å². The highest BCUT2D eigenvalue weighted by Gasteiger charge is 2.43. The first-order chi connectivity index (χ1) is 11.9. The third-order valence-electron chi connectivity index (χ3n) is 4.44. The fourth-order valence-corrected chi connectivity index (χ4v) is 3.10. The number of benzene rings is 2. The van der Waals surface area contributed by atoms with E-state index in [1.54, 1.807) is 13.1 Å². The number of aliphatic hydroxyl groups is 1. The number of nitriles is 1. The maximum atomic E-state index is 10.8. The minimum absolute atomic E-state index is 0.417. The van der Waals surface area contributed by atoms with Crippen LogP contribution in [0.3, 0.4) is 0 Å². The van der Waals surface area contributed by atoms with Gasteiger partial charge in [0.05, 0.1) is 6.04 Å². The first-order valence-corrected chi connectivity index (χ1v) is 8.19. The van der Waals surface area contributed by atoms with Crippen molar-refractivity contribution in [1.82, 2.24) is 5.32 Å².